The highest BCUT2D eigenvalue weighted by Gasteiger charge is 2.20. The number of ether oxygens (including phenoxy) is 1. The molecule has 3 rings (SSSR count). The van der Waals surface area contributed by atoms with Gasteiger partial charge in [0.15, 0.2) is 0 Å². The van der Waals surface area contributed by atoms with E-state index >= 15 is 0 Å². The quantitative estimate of drug-likeness (QED) is 0.903. The number of nitrogens with zero attached hydrogens (tertiary/aromatic N) is 1. The zero-order valence-corrected chi connectivity index (χ0v) is 11.4. The summed E-state index contributed by atoms with van der Waals surface area (Å²) in [7, 11) is 0. The maximum Gasteiger partial charge on any atom is 0.146 e. The molecule has 4 heteroatoms. The lowest BCUT2D eigenvalue weighted by atomic mass is 10.2. The first-order valence-electron chi connectivity index (χ1n) is 6.82. The summed E-state index contributed by atoms with van der Waals surface area (Å²) >= 11 is 0. The van der Waals surface area contributed by atoms with Gasteiger partial charge in [-0.25, -0.2) is 4.39 Å². The predicted molar refractivity (Wildman–Crippen MR) is 75.3 cm³/mol. The molecule has 3 nitrogen and oxygen atoms in total. The minimum Gasteiger partial charge on any atom is -0.455 e. The molecule has 0 bridgehead atoms. The zero-order valence-electron chi connectivity index (χ0n) is 11.4. The summed E-state index contributed by atoms with van der Waals surface area (Å²) in [5.41, 5.74) is 1.97. The van der Waals surface area contributed by atoms with E-state index in [4.69, 9.17) is 4.74 Å². The second-order valence-electron chi connectivity index (χ2n) is 5.20. The number of halogens is 1. The fourth-order valence-corrected chi connectivity index (χ4v) is 1.98. The van der Waals surface area contributed by atoms with Crippen LogP contribution in [0.5, 0.6) is 11.5 Å². The minimum absolute atomic E-state index is 0.301. The molecule has 0 spiro atoms. The number of benzene rings is 1. The van der Waals surface area contributed by atoms with Crippen molar-refractivity contribution in [1.82, 2.24) is 10.3 Å². The Morgan fingerprint density at radius 2 is 2.15 bits per heavy atom. The largest absolute Gasteiger partial charge is 0.455 e. The van der Waals surface area contributed by atoms with Crippen molar-refractivity contribution in [3.05, 3.63) is 53.6 Å². The summed E-state index contributed by atoms with van der Waals surface area (Å²) in [6.45, 7) is 2.68. The number of aromatic nitrogens is 1. The molecule has 104 valence electrons. The van der Waals surface area contributed by atoms with Crippen LogP contribution >= 0.6 is 0 Å². The fourth-order valence-electron chi connectivity index (χ4n) is 1.98. The summed E-state index contributed by atoms with van der Waals surface area (Å²) in [6, 6.07) is 7.12. The van der Waals surface area contributed by atoms with Crippen LogP contribution < -0.4 is 10.1 Å². The van der Waals surface area contributed by atoms with Crippen molar-refractivity contribution < 1.29 is 9.13 Å². The Balaban J connectivity index is 1.72. The van der Waals surface area contributed by atoms with Crippen LogP contribution in [-0.2, 0) is 6.54 Å². The van der Waals surface area contributed by atoms with Gasteiger partial charge in [-0.15, -0.1) is 0 Å². The number of nitrogens with one attached hydrogen (secondary N) is 1. The lowest BCUT2D eigenvalue weighted by Crippen LogP contribution is -2.15. The van der Waals surface area contributed by atoms with Gasteiger partial charge in [-0.3, -0.25) is 4.98 Å². The van der Waals surface area contributed by atoms with Crippen molar-refractivity contribution in [2.45, 2.75) is 32.4 Å². The first-order chi connectivity index (χ1) is 9.70. The van der Waals surface area contributed by atoms with Gasteiger partial charge in [-0.1, -0.05) is 6.07 Å². The maximum atomic E-state index is 13.2. The average Bonchev–Trinajstić information content (AvgIpc) is 3.25. The van der Waals surface area contributed by atoms with Crippen LogP contribution in [0.3, 0.4) is 0 Å². The van der Waals surface area contributed by atoms with Crippen LogP contribution in [0.4, 0.5) is 4.39 Å². The molecule has 0 aliphatic heterocycles. The third kappa shape index (κ3) is 3.33. The van der Waals surface area contributed by atoms with E-state index in [0.29, 0.717) is 17.5 Å². The van der Waals surface area contributed by atoms with E-state index in [1.165, 1.54) is 25.0 Å². The molecule has 1 aliphatic rings. The van der Waals surface area contributed by atoms with Crippen LogP contribution in [0.1, 0.15) is 24.0 Å². The van der Waals surface area contributed by atoms with E-state index in [0.717, 1.165) is 17.7 Å². The summed E-state index contributed by atoms with van der Waals surface area (Å²) < 4.78 is 19.0. The molecular weight excluding hydrogens is 255 g/mol. The Kier molecular flexibility index (Phi) is 3.65. The van der Waals surface area contributed by atoms with Gasteiger partial charge in [-0.2, -0.15) is 0 Å². The molecule has 0 amide bonds. The van der Waals surface area contributed by atoms with Crippen LogP contribution in [0.15, 0.2) is 36.7 Å². The topological polar surface area (TPSA) is 34.1 Å². The zero-order chi connectivity index (χ0) is 13.9. The highest BCUT2D eigenvalue weighted by atomic mass is 19.1. The molecular formula is C16H17FN2O. The monoisotopic (exact) mass is 272 g/mol. The van der Waals surface area contributed by atoms with Crippen molar-refractivity contribution in [3.63, 3.8) is 0 Å². The Morgan fingerprint density at radius 3 is 2.95 bits per heavy atom. The number of hydrogen-bond acceptors (Lipinski definition) is 3. The smallest absolute Gasteiger partial charge is 0.146 e. The molecule has 1 heterocycles. The SMILES string of the molecule is Cc1ccc(F)cc1Oc1cncc(CNC2CC2)c1. The van der Waals surface area contributed by atoms with Crippen molar-refractivity contribution in [3.8, 4) is 11.5 Å². The van der Waals surface area contributed by atoms with Crippen LogP contribution in [0.25, 0.3) is 0 Å². The molecule has 0 saturated heterocycles. The van der Waals surface area contributed by atoms with Crippen LogP contribution in [0.2, 0.25) is 0 Å². The number of pyridine rings is 1. The Labute approximate surface area is 117 Å². The molecule has 2 aromatic rings. The molecule has 1 N–H and O–H groups in total. The van der Waals surface area contributed by atoms with Crippen LogP contribution in [0, 0.1) is 12.7 Å². The maximum absolute atomic E-state index is 13.2. The van der Waals surface area contributed by atoms with E-state index in [-0.39, 0.29) is 5.82 Å². The number of aryl methyl sites for hydroxylation is 1. The molecule has 1 aromatic heterocycles. The molecule has 20 heavy (non-hydrogen) atoms. The summed E-state index contributed by atoms with van der Waals surface area (Å²) in [6.07, 6.45) is 5.98. The number of rotatable bonds is 5. The molecule has 1 saturated carbocycles. The highest BCUT2D eigenvalue weighted by molar-refractivity contribution is 5.37. The van der Waals surface area contributed by atoms with Gasteiger partial charge in [0.1, 0.15) is 17.3 Å². The second kappa shape index (κ2) is 5.59. The summed E-state index contributed by atoms with van der Waals surface area (Å²) in [4.78, 5) is 4.17. The van der Waals surface area contributed by atoms with Gasteiger partial charge in [0, 0.05) is 24.8 Å². The Morgan fingerprint density at radius 1 is 1.30 bits per heavy atom. The van der Waals surface area contributed by atoms with Crippen molar-refractivity contribution >= 4 is 0 Å². The highest BCUT2D eigenvalue weighted by Crippen LogP contribution is 2.26. The van der Waals surface area contributed by atoms with Crippen LogP contribution in [-0.4, -0.2) is 11.0 Å². The normalized spacial score (nSPS) is 14.3. The van der Waals surface area contributed by atoms with Gasteiger partial charge in [-0.05, 0) is 43.0 Å². The fraction of sp³-hybridized carbons (Fsp3) is 0.312. The standard InChI is InChI=1S/C16H17FN2O/c1-11-2-3-13(17)7-16(11)20-15-6-12(8-18-10-15)9-19-14-4-5-14/h2-3,6-8,10,14,19H,4-5,9H2,1H3. The minimum atomic E-state index is -0.301. The van der Waals surface area contributed by atoms with Gasteiger partial charge >= 0.3 is 0 Å². The molecule has 1 aromatic carbocycles. The number of hydrogen-bond donors (Lipinski definition) is 1. The van der Waals surface area contributed by atoms with Crippen molar-refractivity contribution in [1.29, 1.82) is 0 Å². The Hall–Kier alpha value is -1.94. The molecule has 0 atom stereocenters. The van der Waals surface area contributed by atoms with E-state index in [2.05, 4.69) is 10.3 Å². The average molecular weight is 272 g/mol. The molecule has 0 radical (unpaired) electrons. The summed E-state index contributed by atoms with van der Waals surface area (Å²) in [5, 5.41) is 3.43. The lowest BCUT2D eigenvalue weighted by Gasteiger charge is -2.10. The van der Waals surface area contributed by atoms with Gasteiger partial charge in [0.05, 0.1) is 6.20 Å². The van der Waals surface area contributed by atoms with Gasteiger partial charge in [0.25, 0.3) is 0 Å². The second-order valence-corrected chi connectivity index (χ2v) is 5.20. The van der Waals surface area contributed by atoms with Gasteiger partial charge in [0.2, 0.25) is 0 Å². The first-order valence-corrected chi connectivity index (χ1v) is 6.82. The molecule has 1 fully saturated rings. The Bertz CT molecular complexity index is 611. The molecule has 1 aliphatic carbocycles. The van der Waals surface area contributed by atoms with E-state index < -0.39 is 0 Å². The van der Waals surface area contributed by atoms with E-state index in [9.17, 15) is 4.39 Å². The molecule has 0 unspecified atom stereocenters. The first kappa shape index (κ1) is 13.1. The van der Waals surface area contributed by atoms with Crippen molar-refractivity contribution in [2.24, 2.45) is 0 Å². The lowest BCUT2D eigenvalue weighted by molar-refractivity contribution is 0.469. The van der Waals surface area contributed by atoms with E-state index in [1.807, 2.05) is 19.2 Å². The predicted octanol–water partition coefficient (Wildman–Crippen LogP) is 3.57. The summed E-state index contributed by atoms with van der Waals surface area (Å²) in [5.74, 6) is 0.859. The van der Waals surface area contributed by atoms with E-state index in [1.54, 1.807) is 12.3 Å². The third-order valence-corrected chi connectivity index (χ3v) is 3.32. The van der Waals surface area contributed by atoms with Crippen molar-refractivity contribution in [2.75, 3.05) is 0 Å². The van der Waals surface area contributed by atoms with Gasteiger partial charge < -0.3 is 10.1 Å². The third-order valence-electron chi connectivity index (χ3n) is 3.32.